The minimum absolute atomic E-state index is 0.0554. The average molecular weight is 853 g/mol. The molecule has 2 aliphatic rings. The van der Waals surface area contributed by atoms with Crippen molar-refractivity contribution in [1.82, 2.24) is 10.6 Å². The van der Waals surface area contributed by atoms with Gasteiger partial charge in [0.2, 0.25) is 18.4 Å². The minimum Gasteiger partial charge on any atom is -0.466 e. The molecule has 10 atom stereocenters. The molecule has 4 unspecified atom stereocenters. The summed E-state index contributed by atoms with van der Waals surface area (Å²) in [4.78, 5) is 64.6. The smallest absolute Gasteiger partial charge is 0.365 e. The van der Waals surface area contributed by atoms with Gasteiger partial charge in [-0.25, -0.2) is 9.59 Å². The number of carbonyl (C=O) groups excluding carboxylic acids is 5. The third kappa shape index (κ3) is 19.9. The number of likely N-dealkylation sites (N-methyl/N-ethyl adjacent to an activating group) is 1. The number of hydroxylamine groups is 3. The van der Waals surface area contributed by atoms with Crippen LogP contribution in [-0.4, -0.2) is 173 Å². The van der Waals surface area contributed by atoms with Crippen LogP contribution in [0.2, 0.25) is 0 Å². The van der Waals surface area contributed by atoms with Gasteiger partial charge >= 0.3 is 17.9 Å². The van der Waals surface area contributed by atoms with E-state index in [1.165, 1.54) is 6.92 Å². The van der Waals surface area contributed by atoms with Crippen molar-refractivity contribution in [2.75, 3.05) is 47.1 Å². The number of hydrogen-bond acceptors (Lipinski definition) is 17. The molecule has 20 heteroatoms. The predicted molar refractivity (Wildman–Crippen MR) is 206 cm³/mol. The zero-order valence-electron chi connectivity index (χ0n) is 35.0. The number of hydrogen-bond donors (Lipinski definition) is 8. The molecule has 342 valence electrons. The molecule has 2 rings (SSSR count). The second-order valence-corrected chi connectivity index (χ2v) is 15.7. The number of aliphatic hydroxyl groups excluding tert-OH is 6. The molecular formula is C39H70N3O17+. The normalized spacial score (nSPS) is 27.1. The first-order valence-electron chi connectivity index (χ1n) is 20.8. The number of rotatable bonds is 28. The largest absolute Gasteiger partial charge is 0.466 e. The summed E-state index contributed by atoms with van der Waals surface area (Å²) >= 11 is 0. The molecule has 0 spiro atoms. The van der Waals surface area contributed by atoms with Crippen molar-refractivity contribution in [3.8, 4) is 0 Å². The SMILES string of the molecule is CC(=O)NC1[C@@H](O[C@H]2C(CO)O[C@H](O)C(NC(=O)CCCCCCCCCC(=O)OCCCCCCCCOC(=O)C[N+](C)(C)OC(C)=O)[C@@H]2O)OC(CO)[C@H](O)[C@H]1O. The highest BCUT2D eigenvalue weighted by molar-refractivity contribution is 5.76. The molecular weight excluding hydrogens is 782 g/mol. The number of esters is 2. The van der Waals surface area contributed by atoms with Crippen molar-refractivity contribution in [1.29, 1.82) is 0 Å². The molecule has 0 saturated carbocycles. The van der Waals surface area contributed by atoms with Gasteiger partial charge in [0.25, 0.3) is 0 Å². The monoisotopic (exact) mass is 852 g/mol. The van der Waals surface area contributed by atoms with Gasteiger partial charge in [-0.2, -0.15) is 0 Å². The van der Waals surface area contributed by atoms with Crippen molar-refractivity contribution in [3.63, 3.8) is 0 Å². The maximum absolute atomic E-state index is 12.8. The van der Waals surface area contributed by atoms with Crippen molar-refractivity contribution in [2.45, 2.75) is 171 Å². The molecule has 2 amide bonds. The van der Waals surface area contributed by atoms with Crippen LogP contribution in [0.25, 0.3) is 0 Å². The zero-order chi connectivity index (χ0) is 44.0. The van der Waals surface area contributed by atoms with E-state index in [1.807, 2.05) is 0 Å². The summed E-state index contributed by atoms with van der Waals surface area (Å²) in [6.45, 7) is 1.68. The molecule has 2 aliphatic heterocycles. The molecule has 8 N–H and O–H groups in total. The second-order valence-electron chi connectivity index (χ2n) is 15.7. The Hall–Kier alpha value is -3.05. The van der Waals surface area contributed by atoms with Crippen molar-refractivity contribution in [3.05, 3.63) is 0 Å². The van der Waals surface area contributed by atoms with E-state index >= 15 is 0 Å². The third-order valence-electron chi connectivity index (χ3n) is 9.98. The maximum atomic E-state index is 12.8. The van der Waals surface area contributed by atoms with Gasteiger partial charge in [0.05, 0.1) is 26.4 Å². The van der Waals surface area contributed by atoms with E-state index < -0.39 is 98.3 Å². The summed E-state index contributed by atoms with van der Waals surface area (Å²) in [5.74, 6) is -2.15. The topological polar surface area (TPSA) is 286 Å². The van der Waals surface area contributed by atoms with Crippen LogP contribution >= 0.6 is 0 Å². The summed E-state index contributed by atoms with van der Waals surface area (Å²) < 4.78 is 27.1. The van der Waals surface area contributed by atoms with Gasteiger partial charge in [-0.1, -0.05) is 57.8 Å². The second kappa shape index (κ2) is 27.7. The lowest BCUT2D eigenvalue weighted by atomic mass is 9.94. The van der Waals surface area contributed by atoms with E-state index in [0.29, 0.717) is 26.1 Å². The van der Waals surface area contributed by atoms with Crippen molar-refractivity contribution >= 4 is 29.7 Å². The third-order valence-corrected chi connectivity index (χ3v) is 9.98. The summed E-state index contributed by atoms with van der Waals surface area (Å²) in [6.07, 6.45) is -0.627. The Morgan fingerprint density at radius 3 is 1.68 bits per heavy atom. The molecule has 2 heterocycles. The fourth-order valence-corrected chi connectivity index (χ4v) is 6.94. The number of ether oxygens (including phenoxy) is 5. The number of nitrogens with one attached hydrogen (secondary N) is 2. The number of amides is 2. The van der Waals surface area contributed by atoms with Crippen LogP contribution in [0.3, 0.4) is 0 Å². The van der Waals surface area contributed by atoms with Gasteiger partial charge in [-0.3, -0.25) is 19.2 Å². The van der Waals surface area contributed by atoms with Crippen LogP contribution in [0.15, 0.2) is 0 Å². The Labute approximate surface area is 346 Å². The summed E-state index contributed by atoms with van der Waals surface area (Å²) in [5, 5.41) is 67.0. The van der Waals surface area contributed by atoms with Crippen LogP contribution in [0.4, 0.5) is 0 Å². The van der Waals surface area contributed by atoms with E-state index in [9.17, 15) is 54.6 Å². The number of nitrogens with zero attached hydrogens (tertiary/aromatic N) is 1. The highest BCUT2D eigenvalue weighted by Crippen LogP contribution is 2.29. The first-order valence-corrected chi connectivity index (χ1v) is 20.8. The van der Waals surface area contributed by atoms with E-state index in [4.69, 9.17) is 28.5 Å². The van der Waals surface area contributed by atoms with Crippen LogP contribution in [0.5, 0.6) is 0 Å². The molecule has 0 bridgehead atoms. The van der Waals surface area contributed by atoms with Crippen LogP contribution in [0, 0.1) is 0 Å². The standard InChI is InChI=1S/C39H69N3O17/c1-25(45)40-33-35(51)34(50)27(23-43)57-39(33)58-37-28(24-44)56-38(53)32(36(37)52)41-29(47)18-14-10-6-5-7-11-15-19-30(48)54-20-16-12-8-9-13-17-21-55-31(49)22-42(3,4)59-26(2)46/h27-28,32-39,43-44,50-53H,5-24H2,1-4H3,(H-,40,41,45,47)/p+1/t27?,28?,32?,33?,34-,35-,36-,37-,38-,39+/m0/s1. The quantitative estimate of drug-likeness (QED) is 0.0210. The Bertz CT molecular complexity index is 1270. The number of unbranched alkanes of at least 4 members (excludes halogenated alkanes) is 11. The maximum Gasteiger partial charge on any atom is 0.365 e. The lowest BCUT2D eigenvalue weighted by Gasteiger charge is -2.47. The fourth-order valence-electron chi connectivity index (χ4n) is 6.94. The van der Waals surface area contributed by atoms with Gasteiger partial charge < -0.3 is 65.0 Å². The van der Waals surface area contributed by atoms with Crippen molar-refractivity contribution in [2.24, 2.45) is 0 Å². The molecule has 2 saturated heterocycles. The van der Waals surface area contributed by atoms with Gasteiger partial charge in [0, 0.05) is 26.7 Å². The molecule has 59 heavy (non-hydrogen) atoms. The van der Waals surface area contributed by atoms with E-state index in [-0.39, 0.29) is 23.6 Å². The van der Waals surface area contributed by atoms with Crippen LogP contribution in [0.1, 0.15) is 110 Å². The Kier molecular flexibility index (Phi) is 24.5. The molecule has 0 aliphatic carbocycles. The average Bonchev–Trinajstić information content (AvgIpc) is 3.16. The van der Waals surface area contributed by atoms with Crippen LogP contribution in [-0.2, 0) is 52.5 Å². The fraction of sp³-hybridized carbons (Fsp3) is 0.872. The molecule has 0 radical (unpaired) electrons. The Morgan fingerprint density at radius 1 is 0.610 bits per heavy atom. The Balaban J connectivity index is 1.54. The highest BCUT2D eigenvalue weighted by Gasteiger charge is 2.51. The van der Waals surface area contributed by atoms with Gasteiger partial charge in [0.15, 0.2) is 12.6 Å². The Morgan fingerprint density at radius 2 is 1.14 bits per heavy atom. The summed E-state index contributed by atoms with van der Waals surface area (Å²) in [7, 11) is 3.21. The van der Waals surface area contributed by atoms with E-state index in [0.717, 1.165) is 84.0 Å². The van der Waals surface area contributed by atoms with Crippen molar-refractivity contribution < 1.29 is 87.8 Å². The predicted octanol–water partition coefficient (Wildman–Crippen LogP) is -0.637. The lowest BCUT2D eigenvalue weighted by molar-refractivity contribution is -1.05. The van der Waals surface area contributed by atoms with Gasteiger partial charge in [-0.05, 0) is 25.7 Å². The van der Waals surface area contributed by atoms with E-state index in [1.54, 1.807) is 14.1 Å². The van der Waals surface area contributed by atoms with Crippen LogP contribution < -0.4 is 10.6 Å². The number of carbonyl (C=O) groups is 5. The summed E-state index contributed by atoms with van der Waals surface area (Å²) in [6, 6.07) is -2.70. The molecule has 2 fully saturated rings. The first-order chi connectivity index (χ1) is 28.0. The minimum atomic E-state index is -1.70. The summed E-state index contributed by atoms with van der Waals surface area (Å²) in [5.41, 5.74) is 0. The van der Waals surface area contributed by atoms with Gasteiger partial charge in [0.1, 0.15) is 62.8 Å². The number of quaternary nitrogens is 1. The first kappa shape index (κ1) is 52.1. The highest BCUT2D eigenvalue weighted by atomic mass is 16.7. The molecule has 20 nitrogen and oxygen atoms in total. The molecule has 0 aromatic rings. The van der Waals surface area contributed by atoms with E-state index in [2.05, 4.69) is 10.6 Å². The van der Waals surface area contributed by atoms with Gasteiger partial charge in [-0.15, -0.1) is 4.65 Å². The number of aliphatic hydroxyl groups is 6. The lowest BCUT2D eigenvalue weighted by Crippen LogP contribution is -2.69. The molecule has 0 aromatic heterocycles. The molecule has 0 aromatic carbocycles. The zero-order valence-corrected chi connectivity index (χ0v) is 35.0.